The average molecular weight is 248 g/mol. The van der Waals surface area contributed by atoms with Crippen molar-refractivity contribution < 1.29 is 9.47 Å². The Kier molecular flexibility index (Phi) is 10.0. The second-order valence-electron chi connectivity index (χ2n) is 4.34. The summed E-state index contributed by atoms with van der Waals surface area (Å²) >= 11 is 0. The second kappa shape index (κ2) is 10.8. The van der Waals surface area contributed by atoms with Crippen molar-refractivity contribution in [2.45, 2.75) is 32.8 Å². The zero-order valence-corrected chi connectivity index (χ0v) is 11.6. The number of hydrogen-bond acceptors (Lipinski definition) is 2. The van der Waals surface area contributed by atoms with Crippen LogP contribution in [0.5, 0.6) is 0 Å². The van der Waals surface area contributed by atoms with Crippen molar-refractivity contribution in [2.24, 2.45) is 0 Å². The first-order chi connectivity index (χ1) is 8.60. The third-order valence-electron chi connectivity index (χ3n) is 2.32. The van der Waals surface area contributed by atoms with Crippen LogP contribution in [0.1, 0.15) is 26.7 Å². The van der Waals surface area contributed by atoms with E-state index in [-0.39, 0.29) is 6.10 Å². The average Bonchev–Trinajstić information content (AvgIpc) is 2.34. The largest absolute Gasteiger partial charge is 0.373 e. The number of terminal acetylenes is 1. The fraction of sp³-hybridized carbons (Fsp3) is 0.500. The maximum Gasteiger partial charge on any atom is 0.118 e. The Hall–Kier alpha value is -1.30. The molecule has 0 fully saturated rings. The molecule has 0 aromatic heterocycles. The summed E-state index contributed by atoms with van der Waals surface area (Å²) in [6, 6.07) is 0. The predicted octanol–water partition coefficient (Wildman–Crippen LogP) is 3.51. The smallest absolute Gasteiger partial charge is 0.118 e. The van der Waals surface area contributed by atoms with Gasteiger partial charge in [0.1, 0.15) is 6.10 Å². The highest BCUT2D eigenvalue weighted by atomic mass is 16.5. The minimum Gasteiger partial charge on any atom is -0.373 e. The molecule has 18 heavy (non-hydrogen) atoms. The molecule has 0 rings (SSSR count). The highest BCUT2D eigenvalue weighted by Gasteiger charge is 2.05. The lowest BCUT2D eigenvalue weighted by Gasteiger charge is -2.12. The maximum absolute atomic E-state index is 5.64. The van der Waals surface area contributed by atoms with E-state index in [1.807, 2.05) is 19.9 Å². The highest BCUT2D eigenvalue weighted by molar-refractivity contribution is 5.02. The van der Waals surface area contributed by atoms with Gasteiger partial charge in [-0.15, -0.1) is 19.6 Å². The summed E-state index contributed by atoms with van der Waals surface area (Å²) < 4.78 is 10.9. The Morgan fingerprint density at radius 1 is 1.39 bits per heavy atom. The Morgan fingerprint density at radius 3 is 2.67 bits per heavy atom. The molecule has 1 atom stereocenters. The number of ether oxygens (including phenoxy) is 2. The lowest BCUT2D eigenvalue weighted by atomic mass is 10.1. The molecule has 0 amide bonds. The maximum atomic E-state index is 5.64. The molecule has 0 aromatic rings. The summed E-state index contributed by atoms with van der Waals surface area (Å²) in [5.41, 5.74) is 2.25. The Labute approximate surface area is 111 Å². The highest BCUT2D eigenvalue weighted by Crippen LogP contribution is 2.08. The molecule has 0 aliphatic carbocycles. The van der Waals surface area contributed by atoms with Crippen LogP contribution in [0.25, 0.3) is 0 Å². The van der Waals surface area contributed by atoms with Crippen molar-refractivity contribution in [3.8, 4) is 12.3 Å². The lowest BCUT2D eigenvalue weighted by molar-refractivity contribution is 0.104. The van der Waals surface area contributed by atoms with Crippen molar-refractivity contribution in [2.75, 3.05) is 19.8 Å². The summed E-state index contributed by atoms with van der Waals surface area (Å²) in [5.74, 6) is 2.65. The number of rotatable bonds is 10. The zero-order chi connectivity index (χ0) is 13.8. The second-order valence-corrected chi connectivity index (χ2v) is 4.34. The molecule has 2 heteroatoms. The molecule has 0 spiro atoms. The lowest BCUT2D eigenvalue weighted by Crippen LogP contribution is -2.12. The minimum absolute atomic E-state index is 0.140. The molecule has 0 aliphatic rings. The third-order valence-corrected chi connectivity index (χ3v) is 2.32. The van der Waals surface area contributed by atoms with Crippen LogP contribution in [0, 0.1) is 12.3 Å². The molecule has 0 heterocycles. The summed E-state index contributed by atoms with van der Waals surface area (Å²) in [6.45, 7) is 13.1. The molecular formula is C16H24O2. The van der Waals surface area contributed by atoms with E-state index in [1.54, 1.807) is 6.08 Å². The standard InChI is InChI=1S/C16H24O2/c1-6-11-17-12-10-15(5)13-18-16(7-2)9-8-14(3)4/h2,6,10,16H,1,3,8-9,11-13H2,4-5H3/b15-10+. The first-order valence-electron chi connectivity index (χ1n) is 6.16. The van der Waals surface area contributed by atoms with Gasteiger partial charge in [0.2, 0.25) is 0 Å². The molecule has 1 unspecified atom stereocenters. The van der Waals surface area contributed by atoms with Crippen LogP contribution >= 0.6 is 0 Å². The van der Waals surface area contributed by atoms with Crippen molar-refractivity contribution in [1.82, 2.24) is 0 Å². The Balaban J connectivity index is 3.86. The van der Waals surface area contributed by atoms with E-state index < -0.39 is 0 Å². The summed E-state index contributed by atoms with van der Waals surface area (Å²) in [7, 11) is 0. The van der Waals surface area contributed by atoms with Gasteiger partial charge < -0.3 is 9.47 Å². The van der Waals surface area contributed by atoms with Gasteiger partial charge in [0.25, 0.3) is 0 Å². The van der Waals surface area contributed by atoms with Crippen molar-refractivity contribution in [1.29, 1.82) is 0 Å². The first-order valence-corrected chi connectivity index (χ1v) is 6.16. The summed E-state index contributed by atoms with van der Waals surface area (Å²) in [6.07, 6.45) is 10.7. The van der Waals surface area contributed by atoms with E-state index >= 15 is 0 Å². The van der Waals surface area contributed by atoms with Gasteiger partial charge in [-0.05, 0) is 32.3 Å². The molecular weight excluding hydrogens is 224 g/mol. The van der Waals surface area contributed by atoms with E-state index in [0.717, 1.165) is 24.0 Å². The van der Waals surface area contributed by atoms with Crippen molar-refractivity contribution in [3.63, 3.8) is 0 Å². The van der Waals surface area contributed by atoms with E-state index in [4.69, 9.17) is 15.9 Å². The van der Waals surface area contributed by atoms with Crippen LogP contribution in [0.3, 0.4) is 0 Å². The molecule has 0 N–H and O–H groups in total. The normalized spacial score (nSPS) is 12.8. The van der Waals surface area contributed by atoms with E-state index in [0.29, 0.717) is 19.8 Å². The predicted molar refractivity (Wildman–Crippen MR) is 77.4 cm³/mol. The molecule has 2 nitrogen and oxygen atoms in total. The Bertz CT molecular complexity index is 320. The van der Waals surface area contributed by atoms with Crippen molar-refractivity contribution >= 4 is 0 Å². The molecule has 0 saturated carbocycles. The SMILES string of the molecule is C#CC(CCC(=C)C)OC/C(C)=C/COCC=C. The van der Waals surface area contributed by atoms with Crippen LogP contribution in [-0.4, -0.2) is 25.9 Å². The number of hydrogen-bond donors (Lipinski definition) is 0. The van der Waals surface area contributed by atoms with Gasteiger partial charge in [-0.25, -0.2) is 0 Å². The monoisotopic (exact) mass is 248 g/mol. The molecule has 100 valence electrons. The zero-order valence-electron chi connectivity index (χ0n) is 11.6. The van der Waals surface area contributed by atoms with Gasteiger partial charge in [-0.1, -0.05) is 23.6 Å². The fourth-order valence-corrected chi connectivity index (χ4v) is 1.24. The first kappa shape index (κ1) is 16.7. The minimum atomic E-state index is -0.140. The van der Waals surface area contributed by atoms with E-state index in [9.17, 15) is 0 Å². The van der Waals surface area contributed by atoms with Crippen molar-refractivity contribution in [3.05, 3.63) is 36.5 Å². The summed E-state index contributed by atoms with van der Waals surface area (Å²) in [5, 5.41) is 0. The van der Waals surface area contributed by atoms with Crippen LogP contribution in [0.4, 0.5) is 0 Å². The Morgan fingerprint density at radius 2 is 2.11 bits per heavy atom. The summed E-state index contributed by atoms with van der Waals surface area (Å²) in [4.78, 5) is 0. The molecule has 0 aliphatic heterocycles. The van der Waals surface area contributed by atoms with Crippen LogP contribution < -0.4 is 0 Å². The number of allylic oxidation sites excluding steroid dienone is 1. The quantitative estimate of drug-likeness (QED) is 0.334. The van der Waals surface area contributed by atoms with Crippen LogP contribution in [0.2, 0.25) is 0 Å². The molecule has 0 saturated heterocycles. The molecule has 0 aromatic carbocycles. The molecule has 0 radical (unpaired) electrons. The van der Waals surface area contributed by atoms with Gasteiger partial charge >= 0.3 is 0 Å². The van der Waals surface area contributed by atoms with Gasteiger partial charge in [0.05, 0.1) is 19.8 Å². The van der Waals surface area contributed by atoms with Gasteiger partial charge in [0.15, 0.2) is 0 Å². The molecule has 0 bridgehead atoms. The topological polar surface area (TPSA) is 18.5 Å². The fourth-order valence-electron chi connectivity index (χ4n) is 1.24. The van der Waals surface area contributed by atoms with Gasteiger partial charge in [0, 0.05) is 0 Å². The van der Waals surface area contributed by atoms with Crippen LogP contribution in [-0.2, 0) is 9.47 Å². The van der Waals surface area contributed by atoms with E-state index in [2.05, 4.69) is 19.1 Å². The van der Waals surface area contributed by atoms with Gasteiger partial charge in [-0.2, -0.15) is 0 Å². The van der Waals surface area contributed by atoms with Crippen LogP contribution in [0.15, 0.2) is 36.5 Å². The van der Waals surface area contributed by atoms with E-state index in [1.165, 1.54) is 0 Å². The third kappa shape index (κ3) is 9.89. The van der Waals surface area contributed by atoms with Gasteiger partial charge in [-0.3, -0.25) is 0 Å².